The van der Waals surface area contributed by atoms with Gasteiger partial charge in [0.05, 0.1) is 5.69 Å². The van der Waals surface area contributed by atoms with E-state index in [4.69, 9.17) is 4.74 Å². The molecule has 1 saturated heterocycles. The smallest absolute Gasteiger partial charge is 0.260 e. The highest BCUT2D eigenvalue weighted by Crippen LogP contribution is 2.26. The third-order valence-electron chi connectivity index (χ3n) is 4.16. The zero-order chi connectivity index (χ0) is 17.1. The lowest BCUT2D eigenvalue weighted by atomic mass is 9.94. The Morgan fingerprint density at radius 2 is 2.25 bits per heavy atom. The summed E-state index contributed by atoms with van der Waals surface area (Å²) in [5, 5.41) is 7.18. The molecule has 1 amide bonds. The van der Waals surface area contributed by atoms with Crippen molar-refractivity contribution < 1.29 is 18.3 Å². The third-order valence-corrected chi connectivity index (χ3v) is 4.16. The summed E-state index contributed by atoms with van der Waals surface area (Å²) in [5.74, 6) is -1.64. The summed E-state index contributed by atoms with van der Waals surface area (Å²) in [5.41, 5.74) is 1.94. The van der Waals surface area contributed by atoms with Gasteiger partial charge in [0.1, 0.15) is 5.82 Å². The first kappa shape index (κ1) is 16.4. The number of likely N-dealkylation sites (tertiary alicyclic amines) is 1. The molecule has 0 radical (unpaired) electrons. The van der Waals surface area contributed by atoms with Crippen LogP contribution in [-0.4, -0.2) is 40.7 Å². The molecule has 1 aliphatic heterocycles. The van der Waals surface area contributed by atoms with Crippen LogP contribution in [-0.2, 0) is 4.79 Å². The Morgan fingerprint density at radius 1 is 1.42 bits per heavy atom. The summed E-state index contributed by atoms with van der Waals surface area (Å²) in [6, 6.07) is 5.00. The number of hydrogen-bond acceptors (Lipinski definition) is 3. The molecule has 0 bridgehead atoms. The van der Waals surface area contributed by atoms with Gasteiger partial charge in [-0.05, 0) is 38.0 Å². The van der Waals surface area contributed by atoms with E-state index in [0.717, 1.165) is 36.4 Å². The molecule has 128 valence electrons. The molecule has 5 nitrogen and oxygen atoms in total. The number of benzene rings is 1. The van der Waals surface area contributed by atoms with Crippen LogP contribution < -0.4 is 4.74 Å². The van der Waals surface area contributed by atoms with Crippen molar-refractivity contribution in [2.24, 2.45) is 0 Å². The van der Waals surface area contributed by atoms with Gasteiger partial charge in [0.2, 0.25) is 0 Å². The zero-order valence-corrected chi connectivity index (χ0v) is 13.4. The van der Waals surface area contributed by atoms with Crippen LogP contribution in [0.3, 0.4) is 0 Å². The molecule has 0 saturated carbocycles. The fourth-order valence-corrected chi connectivity index (χ4v) is 2.92. The molecule has 1 aromatic carbocycles. The molecular weight excluding hydrogens is 316 g/mol. The van der Waals surface area contributed by atoms with E-state index in [9.17, 15) is 13.6 Å². The summed E-state index contributed by atoms with van der Waals surface area (Å²) in [4.78, 5) is 14.0. The van der Waals surface area contributed by atoms with E-state index in [1.807, 2.05) is 13.0 Å². The van der Waals surface area contributed by atoms with Gasteiger partial charge in [-0.3, -0.25) is 9.89 Å². The van der Waals surface area contributed by atoms with Crippen LogP contribution in [0, 0.1) is 18.6 Å². The van der Waals surface area contributed by atoms with Gasteiger partial charge in [0, 0.05) is 30.8 Å². The van der Waals surface area contributed by atoms with Gasteiger partial charge in [0.15, 0.2) is 18.2 Å². The molecule has 7 heteroatoms. The van der Waals surface area contributed by atoms with E-state index < -0.39 is 11.6 Å². The Kier molecular flexibility index (Phi) is 4.78. The standard InChI is InChI=1S/C17H19F2N3O2/c1-11-7-15(21-20-11)12-3-2-6-22(9-12)17(23)10-24-16-5-4-13(18)8-14(16)19/h4-5,7-8,12H,2-3,6,9-10H2,1H3,(H,20,21)/t12-/m0/s1. The van der Waals surface area contributed by atoms with Gasteiger partial charge < -0.3 is 9.64 Å². The third kappa shape index (κ3) is 3.72. The summed E-state index contributed by atoms with van der Waals surface area (Å²) >= 11 is 0. The molecule has 0 unspecified atom stereocenters. The van der Waals surface area contributed by atoms with E-state index in [-0.39, 0.29) is 24.2 Å². The van der Waals surface area contributed by atoms with Crippen molar-refractivity contribution in [3.05, 3.63) is 47.3 Å². The predicted molar refractivity (Wildman–Crippen MR) is 83.7 cm³/mol. The number of halogens is 2. The van der Waals surface area contributed by atoms with Crippen molar-refractivity contribution in [3.8, 4) is 5.75 Å². The Hall–Kier alpha value is -2.44. The van der Waals surface area contributed by atoms with Crippen LogP contribution in [0.25, 0.3) is 0 Å². The Morgan fingerprint density at radius 3 is 2.96 bits per heavy atom. The minimum absolute atomic E-state index is 0.124. The minimum atomic E-state index is -0.814. The number of aromatic nitrogens is 2. The zero-order valence-electron chi connectivity index (χ0n) is 13.4. The number of aryl methyl sites for hydroxylation is 1. The second kappa shape index (κ2) is 6.98. The van der Waals surface area contributed by atoms with Crippen LogP contribution in [0.2, 0.25) is 0 Å². The predicted octanol–water partition coefficient (Wildman–Crippen LogP) is 2.78. The second-order valence-electron chi connectivity index (χ2n) is 6.02. The number of carbonyl (C=O) groups excluding carboxylic acids is 1. The Balaban J connectivity index is 1.58. The highest BCUT2D eigenvalue weighted by molar-refractivity contribution is 5.78. The molecular formula is C17H19F2N3O2. The molecule has 3 rings (SSSR count). The SMILES string of the molecule is Cc1cc([C@H]2CCCN(C(=O)COc3ccc(F)cc3F)C2)n[nH]1. The van der Waals surface area contributed by atoms with Crippen molar-refractivity contribution >= 4 is 5.91 Å². The van der Waals surface area contributed by atoms with Crippen LogP contribution in [0.4, 0.5) is 8.78 Å². The maximum absolute atomic E-state index is 13.5. The second-order valence-corrected chi connectivity index (χ2v) is 6.02. The van der Waals surface area contributed by atoms with Gasteiger partial charge in [-0.1, -0.05) is 0 Å². The van der Waals surface area contributed by atoms with E-state index in [2.05, 4.69) is 10.2 Å². The molecule has 1 N–H and O–H groups in total. The number of nitrogens with zero attached hydrogens (tertiary/aromatic N) is 2. The number of hydrogen-bond donors (Lipinski definition) is 1. The molecule has 24 heavy (non-hydrogen) atoms. The molecule has 2 heterocycles. The number of nitrogens with one attached hydrogen (secondary N) is 1. The van der Waals surface area contributed by atoms with E-state index in [0.29, 0.717) is 13.1 Å². The largest absolute Gasteiger partial charge is 0.481 e. The summed E-state index contributed by atoms with van der Waals surface area (Å²) in [6.45, 7) is 2.88. The van der Waals surface area contributed by atoms with E-state index in [1.54, 1.807) is 4.90 Å². The lowest BCUT2D eigenvalue weighted by Crippen LogP contribution is -2.41. The minimum Gasteiger partial charge on any atom is -0.481 e. The Bertz CT molecular complexity index is 732. The number of H-pyrrole nitrogens is 1. The van der Waals surface area contributed by atoms with Crippen LogP contribution in [0.1, 0.15) is 30.1 Å². The molecule has 1 aliphatic rings. The van der Waals surface area contributed by atoms with Crippen molar-refractivity contribution in [2.45, 2.75) is 25.7 Å². The summed E-state index contributed by atoms with van der Waals surface area (Å²) < 4.78 is 31.6. The summed E-state index contributed by atoms with van der Waals surface area (Å²) in [6.07, 6.45) is 1.86. The molecule has 1 aromatic heterocycles. The average molecular weight is 335 g/mol. The fraction of sp³-hybridized carbons (Fsp3) is 0.412. The molecule has 1 fully saturated rings. The van der Waals surface area contributed by atoms with Gasteiger partial charge in [-0.2, -0.15) is 5.10 Å². The van der Waals surface area contributed by atoms with Crippen LogP contribution in [0.15, 0.2) is 24.3 Å². The van der Waals surface area contributed by atoms with Crippen LogP contribution in [0.5, 0.6) is 5.75 Å². The van der Waals surface area contributed by atoms with Crippen molar-refractivity contribution in [3.63, 3.8) is 0 Å². The number of aromatic amines is 1. The van der Waals surface area contributed by atoms with Crippen molar-refractivity contribution in [1.29, 1.82) is 0 Å². The molecule has 1 atom stereocenters. The topological polar surface area (TPSA) is 58.2 Å². The molecule has 2 aromatic rings. The van der Waals surface area contributed by atoms with Gasteiger partial charge in [-0.25, -0.2) is 8.78 Å². The van der Waals surface area contributed by atoms with E-state index >= 15 is 0 Å². The van der Waals surface area contributed by atoms with Gasteiger partial charge >= 0.3 is 0 Å². The highest BCUT2D eigenvalue weighted by Gasteiger charge is 2.26. The number of piperidine rings is 1. The maximum Gasteiger partial charge on any atom is 0.260 e. The van der Waals surface area contributed by atoms with Crippen LogP contribution >= 0.6 is 0 Å². The monoisotopic (exact) mass is 335 g/mol. The lowest BCUT2D eigenvalue weighted by molar-refractivity contribution is -0.134. The average Bonchev–Trinajstić information content (AvgIpc) is 3.00. The van der Waals surface area contributed by atoms with E-state index in [1.165, 1.54) is 6.07 Å². The van der Waals surface area contributed by atoms with Gasteiger partial charge in [-0.15, -0.1) is 0 Å². The van der Waals surface area contributed by atoms with Gasteiger partial charge in [0.25, 0.3) is 5.91 Å². The highest BCUT2D eigenvalue weighted by atomic mass is 19.1. The number of carbonyl (C=O) groups is 1. The first-order valence-electron chi connectivity index (χ1n) is 7.90. The summed E-state index contributed by atoms with van der Waals surface area (Å²) in [7, 11) is 0. The molecule has 0 spiro atoms. The maximum atomic E-state index is 13.5. The number of rotatable bonds is 4. The lowest BCUT2D eigenvalue weighted by Gasteiger charge is -2.31. The fourth-order valence-electron chi connectivity index (χ4n) is 2.92. The van der Waals surface area contributed by atoms with Crippen molar-refractivity contribution in [1.82, 2.24) is 15.1 Å². The quantitative estimate of drug-likeness (QED) is 0.935. The first-order valence-corrected chi connectivity index (χ1v) is 7.90. The Labute approximate surface area is 138 Å². The molecule has 0 aliphatic carbocycles. The van der Waals surface area contributed by atoms with Crippen molar-refractivity contribution in [2.75, 3.05) is 19.7 Å². The normalized spacial score (nSPS) is 17.8. The first-order chi connectivity index (χ1) is 11.5. The number of ether oxygens (including phenoxy) is 1. The number of amides is 1.